The lowest BCUT2D eigenvalue weighted by Gasteiger charge is -2.38. The second-order valence-electron chi connectivity index (χ2n) is 15.7. The highest BCUT2D eigenvalue weighted by molar-refractivity contribution is 5.98. The molecule has 49 heavy (non-hydrogen) atoms. The summed E-state index contributed by atoms with van der Waals surface area (Å²) in [5.41, 5.74) is -0.618. The second kappa shape index (κ2) is 15.9. The van der Waals surface area contributed by atoms with Crippen LogP contribution in [0, 0.1) is 23.2 Å². The molecular formula is C36H55N7O6. The molecule has 7 atom stereocenters. The maximum atomic E-state index is 14.6. The third-order valence-corrected chi connectivity index (χ3v) is 10.8. The van der Waals surface area contributed by atoms with Gasteiger partial charge in [0.1, 0.15) is 23.8 Å². The van der Waals surface area contributed by atoms with Crippen LogP contribution in [0.4, 0.5) is 0 Å². The van der Waals surface area contributed by atoms with Crippen molar-refractivity contribution in [2.45, 2.75) is 141 Å². The van der Waals surface area contributed by atoms with Gasteiger partial charge in [0.2, 0.25) is 17.7 Å². The number of hydrogen-bond acceptors (Lipinski definition) is 8. The summed E-state index contributed by atoms with van der Waals surface area (Å²) >= 11 is 0. The van der Waals surface area contributed by atoms with E-state index in [0.717, 1.165) is 64.2 Å². The number of carbonyl (C=O) groups excluding carboxylic acids is 5. The highest BCUT2D eigenvalue weighted by Crippen LogP contribution is 2.43. The SMILES string of the molecule is CCC[C@@H](NC(=O)[C@@H]1[C@H]2CCC[C@H]2CN1C(=O)[C@H](NC(=O)[C@H](NC(=O)c1cnccn1)C1CCCCC1)C(C)(C)C)C(O)C(=O)NC1CC1. The summed E-state index contributed by atoms with van der Waals surface area (Å²) in [6.07, 6.45) is 12.8. The first-order valence-corrected chi connectivity index (χ1v) is 18.4. The Bertz CT molecular complexity index is 1340. The standard InChI is InChI=1S/C36H55N7O6/c1-5-10-25(29(44)34(48)39-23-15-16-23)40-33(47)28-24-14-9-13-22(24)20-43(28)35(49)30(36(2,3)4)42-32(46)27(21-11-7-6-8-12-21)41-31(45)26-19-37-17-18-38-26/h17-19,21-25,27-30,44H,5-16,20H2,1-4H3,(H,39,48)(H,40,47)(H,41,45)(H,42,46)/t22-,24-,25+,27+,28-,29?,30-/m0/s1. The quantitative estimate of drug-likeness (QED) is 0.210. The van der Waals surface area contributed by atoms with Crippen LogP contribution < -0.4 is 21.3 Å². The molecule has 0 spiro atoms. The molecule has 4 aliphatic rings. The molecule has 1 aliphatic heterocycles. The molecule has 0 radical (unpaired) electrons. The number of aliphatic hydroxyl groups excluding tert-OH is 1. The van der Waals surface area contributed by atoms with Gasteiger partial charge in [-0.05, 0) is 68.1 Å². The molecule has 0 bridgehead atoms. The third kappa shape index (κ3) is 8.95. The van der Waals surface area contributed by atoms with Gasteiger partial charge in [-0.15, -0.1) is 0 Å². The lowest BCUT2D eigenvalue weighted by molar-refractivity contribution is -0.146. The van der Waals surface area contributed by atoms with Crippen molar-refractivity contribution in [3.05, 3.63) is 24.3 Å². The van der Waals surface area contributed by atoms with Gasteiger partial charge in [-0.1, -0.05) is 59.8 Å². The zero-order valence-electron chi connectivity index (χ0n) is 29.5. The smallest absolute Gasteiger partial charge is 0.272 e. The Morgan fingerprint density at radius 2 is 1.65 bits per heavy atom. The molecule has 1 saturated heterocycles. The van der Waals surface area contributed by atoms with Crippen LogP contribution in [0.2, 0.25) is 0 Å². The van der Waals surface area contributed by atoms with Crippen LogP contribution in [0.3, 0.4) is 0 Å². The fourth-order valence-electron chi connectivity index (χ4n) is 8.00. The summed E-state index contributed by atoms with van der Waals surface area (Å²) in [4.78, 5) is 78.5. The summed E-state index contributed by atoms with van der Waals surface area (Å²) in [5.74, 6) is -2.18. The minimum atomic E-state index is -1.40. The largest absolute Gasteiger partial charge is 0.381 e. The van der Waals surface area contributed by atoms with Crippen molar-refractivity contribution < 1.29 is 29.1 Å². The van der Waals surface area contributed by atoms with E-state index in [0.29, 0.717) is 19.4 Å². The van der Waals surface area contributed by atoms with Gasteiger partial charge < -0.3 is 31.3 Å². The molecule has 4 fully saturated rings. The zero-order valence-corrected chi connectivity index (χ0v) is 29.5. The van der Waals surface area contributed by atoms with Crippen molar-refractivity contribution in [2.75, 3.05) is 6.54 Å². The molecule has 13 nitrogen and oxygen atoms in total. The van der Waals surface area contributed by atoms with Crippen LogP contribution in [0.1, 0.15) is 115 Å². The molecule has 2 heterocycles. The van der Waals surface area contributed by atoms with Gasteiger partial charge >= 0.3 is 0 Å². The summed E-state index contributed by atoms with van der Waals surface area (Å²) in [6, 6.07) is -3.35. The highest BCUT2D eigenvalue weighted by Gasteiger charge is 2.52. The molecule has 1 aromatic heterocycles. The molecule has 0 aromatic carbocycles. The van der Waals surface area contributed by atoms with Gasteiger partial charge in [-0.2, -0.15) is 0 Å². The molecular weight excluding hydrogens is 626 g/mol. The average molecular weight is 682 g/mol. The number of fused-ring (bicyclic) bond motifs is 1. The second-order valence-corrected chi connectivity index (χ2v) is 15.7. The van der Waals surface area contributed by atoms with Crippen LogP contribution in [0.5, 0.6) is 0 Å². The lowest BCUT2D eigenvalue weighted by atomic mass is 9.82. The molecule has 5 rings (SSSR count). The van der Waals surface area contributed by atoms with Crippen molar-refractivity contribution in [3.8, 4) is 0 Å². The number of nitrogens with one attached hydrogen (secondary N) is 4. The normalized spacial score (nSPS) is 25.0. The first kappa shape index (κ1) is 36.7. The maximum absolute atomic E-state index is 14.6. The average Bonchev–Trinajstić information content (AvgIpc) is 3.65. The number of carbonyl (C=O) groups is 5. The predicted octanol–water partition coefficient (Wildman–Crippen LogP) is 2.24. The fraction of sp³-hybridized carbons (Fsp3) is 0.750. The molecule has 3 aliphatic carbocycles. The maximum Gasteiger partial charge on any atom is 0.272 e. The van der Waals surface area contributed by atoms with Crippen molar-refractivity contribution in [1.29, 1.82) is 0 Å². The van der Waals surface area contributed by atoms with Crippen molar-refractivity contribution in [1.82, 2.24) is 36.1 Å². The van der Waals surface area contributed by atoms with E-state index in [1.54, 1.807) is 4.90 Å². The molecule has 270 valence electrons. The Morgan fingerprint density at radius 3 is 2.29 bits per heavy atom. The molecule has 1 unspecified atom stereocenters. The van der Waals surface area contributed by atoms with Crippen LogP contribution >= 0.6 is 0 Å². The van der Waals surface area contributed by atoms with Crippen LogP contribution in [0.15, 0.2) is 18.6 Å². The summed E-state index contributed by atoms with van der Waals surface area (Å²) in [6.45, 7) is 7.95. The summed E-state index contributed by atoms with van der Waals surface area (Å²) in [7, 11) is 0. The number of likely N-dealkylation sites (tertiary alicyclic amines) is 1. The van der Waals surface area contributed by atoms with Crippen molar-refractivity contribution in [2.24, 2.45) is 23.2 Å². The van der Waals surface area contributed by atoms with E-state index in [9.17, 15) is 29.1 Å². The number of aliphatic hydroxyl groups is 1. The third-order valence-electron chi connectivity index (χ3n) is 10.8. The number of nitrogens with zero attached hydrogens (tertiary/aromatic N) is 3. The molecule has 5 amide bonds. The Labute approximate surface area is 289 Å². The summed E-state index contributed by atoms with van der Waals surface area (Å²) in [5, 5.41) is 22.6. The first-order chi connectivity index (χ1) is 23.4. The Kier molecular flexibility index (Phi) is 11.9. The molecule has 3 saturated carbocycles. The summed E-state index contributed by atoms with van der Waals surface area (Å²) < 4.78 is 0. The number of amides is 5. The Balaban J connectivity index is 1.35. The topological polar surface area (TPSA) is 183 Å². The fourth-order valence-corrected chi connectivity index (χ4v) is 8.00. The Morgan fingerprint density at radius 1 is 0.918 bits per heavy atom. The minimum absolute atomic E-state index is 0.0544. The van der Waals surface area contributed by atoms with E-state index in [2.05, 4.69) is 31.2 Å². The number of hydrogen-bond donors (Lipinski definition) is 5. The highest BCUT2D eigenvalue weighted by atomic mass is 16.3. The van der Waals surface area contributed by atoms with Crippen molar-refractivity contribution >= 4 is 29.5 Å². The first-order valence-electron chi connectivity index (χ1n) is 18.4. The zero-order chi connectivity index (χ0) is 35.3. The van der Waals surface area contributed by atoms with Gasteiger partial charge in [-0.3, -0.25) is 29.0 Å². The predicted molar refractivity (Wildman–Crippen MR) is 182 cm³/mol. The van der Waals surface area contributed by atoms with E-state index >= 15 is 0 Å². The van der Waals surface area contributed by atoms with E-state index < -0.39 is 53.4 Å². The van der Waals surface area contributed by atoms with Crippen LogP contribution in [0.25, 0.3) is 0 Å². The van der Waals surface area contributed by atoms with E-state index in [1.807, 2.05) is 27.7 Å². The minimum Gasteiger partial charge on any atom is -0.381 e. The molecule has 13 heteroatoms. The number of rotatable bonds is 13. The van der Waals surface area contributed by atoms with Crippen molar-refractivity contribution in [3.63, 3.8) is 0 Å². The van der Waals surface area contributed by atoms with E-state index in [-0.39, 0.29) is 41.3 Å². The monoisotopic (exact) mass is 681 g/mol. The van der Waals surface area contributed by atoms with E-state index in [1.165, 1.54) is 18.6 Å². The van der Waals surface area contributed by atoms with Gasteiger partial charge in [0.25, 0.3) is 11.8 Å². The molecule has 5 N–H and O–H groups in total. The lowest BCUT2D eigenvalue weighted by Crippen LogP contribution is -2.62. The van der Waals surface area contributed by atoms with Gasteiger partial charge in [0, 0.05) is 25.0 Å². The van der Waals surface area contributed by atoms with Crippen LogP contribution in [-0.4, -0.2) is 92.4 Å². The van der Waals surface area contributed by atoms with Gasteiger partial charge in [0.05, 0.1) is 12.2 Å². The molecule has 1 aromatic rings. The Hall–Kier alpha value is -3.61. The van der Waals surface area contributed by atoms with Gasteiger partial charge in [-0.25, -0.2) is 4.98 Å². The number of aromatic nitrogens is 2. The van der Waals surface area contributed by atoms with Crippen LogP contribution in [-0.2, 0) is 19.2 Å². The van der Waals surface area contributed by atoms with E-state index in [4.69, 9.17) is 0 Å². The van der Waals surface area contributed by atoms with Gasteiger partial charge in [0.15, 0.2) is 6.10 Å².